The molecule has 1 nitrogen and oxygen atoms in total. The van der Waals surface area contributed by atoms with Crippen molar-refractivity contribution in [3.05, 3.63) is 0 Å². The molecule has 0 fully saturated rings. The average molecular weight is 156 g/mol. The Morgan fingerprint density at radius 2 is 1.55 bits per heavy atom. The molecule has 0 bridgehead atoms. The van der Waals surface area contributed by atoms with Crippen LogP contribution in [0.4, 0.5) is 0 Å². The highest BCUT2D eigenvalue weighted by atomic mass is 16.1. The molecular weight excluding hydrogens is 136 g/mol. The minimum Gasteiger partial charge on any atom is -0.300 e. The first-order chi connectivity index (χ1) is 5.27. The number of unbranched alkanes of at least 4 members (excludes halogenated alkanes) is 5. The lowest BCUT2D eigenvalue weighted by molar-refractivity contribution is -0.117. The molecule has 0 aliphatic rings. The van der Waals surface area contributed by atoms with Gasteiger partial charge in [-0.05, 0) is 13.3 Å². The molecule has 0 amide bonds. The molecule has 1 heteroatoms. The van der Waals surface area contributed by atoms with Gasteiger partial charge in [0.15, 0.2) is 0 Å². The molecule has 0 atom stereocenters. The molecule has 11 heavy (non-hydrogen) atoms. The van der Waals surface area contributed by atoms with Crippen molar-refractivity contribution in [3.63, 3.8) is 0 Å². The summed E-state index contributed by atoms with van der Waals surface area (Å²) in [6.45, 7) is 3.89. The largest absolute Gasteiger partial charge is 0.300 e. The van der Waals surface area contributed by atoms with Crippen LogP contribution in [0.3, 0.4) is 0 Å². The number of carbonyl (C=O) groups excluding carboxylic acids is 1. The van der Waals surface area contributed by atoms with E-state index >= 15 is 0 Å². The highest BCUT2D eigenvalue weighted by Gasteiger charge is 1.92. The van der Waals surface area contributed by atoms with Gasteiger partial charge in [-0.15, -0.1) is 0 Å². The molecule has 0 saturated carbocycles. The van der Waals surface area contributed by atoms with Crippen LogP contribution in [0.15, 0.2) is 0 Å². The monoisotopic (exact) mass is 156 g/mol. The lowest BCUT2D eigenvalue weighted by Gasteiger charge is -1.97. The van der Waals surface area contributed by atoms with Gasteiger partial charge in [0.2, 0.25) is 0 Å². The lowest BCUT2D eigenvalue weighted by atomic mass is 10.1. The van der Waals surface area contributed by atoms with E-state index in [9.17, 15) is 4.79 Å². The zero-order valence-electron chi connectivity index (χ0n) is 7.86. The molecular formula is C10H20O. The lowest BCUT2D eigenvalue weighted by Crippen LogP contribution is -1.88. The van der Waals surface area contributed by atoms with E-state index in [4.69, 9.17) is 0 Å². The van der Waals surface area contributed by atoms with Crippen molar-refractivity contribution >= 4 is 5.78 Å². The van der Waals surface area contributed by atoms with Crippen LogP contribution in [0, 0.1) is 0 Å². The fourth-order valence-corrected chi connectivity index (χ4v) is 1.15. The van der Waals surface area contributed by atoms with E-state index in [0.29, 0.717) is 5.78 Å². The third-order valence-corrected chi connectivity index (χ3v) is 1.88. The van der Waals surface area contributed by atoms with Crippen LogP contribution >= 0.6 is 0 Å². The Kier molecular flexibility index (Phi) is 7.54. The molecule has 0 radical (unpaired) electrons. The second-order valence-electron chi connectivity index (χ2n) is 3.22. The molecule has 0 aromatic heterocycles. The number of hydrogen-bond acceptors (Lipinski definition) is 1. The van der Waals surface area contributed by atoms with E-state index in [1.54, 1.807) is 6.92 Å². The maximum atomic E-state index is 10.5. The number of Topliss-reactive ketones (excluding diaryl/α,β-unsaturated/α-hetero) is 1. The molecule has 0 aliphatic carbocycles. The van der Waals surface area contributed by atoms with Crippen LogP contribution in [0.1, 0.15) is 58.8 Å². The zero-order valence-corrected chi connectivity index (χ0v) is 7.86. The van der Waals surface area contributed by atoms with Crippen molar-refractivity contribution in [2.75, 3.05) is 0 Å². The van der Waals surface area contributed by atoms with Gasteiger partial charge in [0.1, 0.15) is 5.78 Å². The van der Waals surface area contributed by atoms with Crippen LogP contribution < -0.4 is 0 Å². The fraction of sp³-hybridized carbons (Fsp3) is 0.900. The van der Waals surface area contributed by atoms with Crippen molar-refractivity contribution in [2.24, 2.45) is 0 Å². The van der Waals surface area contributed by atoms with Gasteiger partial charge < -0.3 is 4.79 Å². The molecule has 0 N–H and O–H groups in total. The van der Waals surface area contributed by atoms with Crippen molar-refractivity contribution in [1.82, 2.24) is 0 Å². The van der Waals surface area contributed by atoms with Crippen molar-refractivity contribution in [1.29, 1.82) is 0 Å². The van der Waals surface area contributed by atoms with E-state index < -0.39 is 0 Å². The van der Waals surface area contributed by atoms with Gasteiger partial charge in [0, 0.05) is 6.42 Å². The summed E-state index contributed by atoms with van der Waals surface area (Å²) in [7, 11) is 0. The second-order valence-corrected chi connectivity index (χ2v) is 3.22. The van der Waals surface area contributed by atoms with Crippen molar-refractivity contribution in [2.45, 2.75) is 58.8 Å². The SMILES string of the molecule is CCCCCCCCC(C)=O. The van der Waals surface area contributed by atoms with E-state index in [-0.39, 0.29) is 0 Å². The molecule has 0 saturated heterocycles. The first-order valence-electron chi connectivity index (χ1n) is 4.76. The molecule has 0 aliphatic heterocycles. The molecule has 0 rings (SSSR count). The fourth-order valence-electron chi connectivity index (χ4n) is 1.15. The number of ketones is 1. The van der Waals surface area contributed by atoms with Gasteiger partial charge in [-0.1, -0.05) is 39.0 Å². The Hall–Kier alpha value is -0.330. The summed E-state index contributed by atoms with van der Waals surface area (Å²) in [6.07, 6.45) is 8.41. The van der Waals surface area contributed by atoms with E-state index in [1.165, 1.54) is 32.1 Å². The number of hydrogen-bond donors (Lipinski definition) is 0. The van der Waals surface area contributed by atoms with Crippen molar-refractivity contribution < 1.29 is 4.79 Å². The van der Waals surface area contributed by atoms with Gasteiger partial charge in [-0.2, -0.15) is 0 Å². The first kappa shape index (κ1) is 10.7. The summed E-state index contributed by atoms with van der Waals surface area (Å²) in [5.41, 5.74) is 0. The first-order valence-corrected chi connectivity index (χ1v) is 4.76. The molecule has 0 aromatic rings. The number of carbonyl (C=O) groups is 1. The maximum absolute atomic E-state index is 10.5. The topological polar surface area (TPSA) is 17.1 Å². The van der Waals surface area contributed by atoms with Gasteiger partial charge in [0.25, 0.3) is 0 Å². The van der Waals surface area contributed by atoms with Crippen LogP contribution in [-0.2, 0) is 4.79 Å². The molecule has 0 aromatic carbocycles. The highest BCUT2D eigenvalue weighted by molar-refractivity contribution is 5.75. The summed E-state index contributed by atoms with van der Waals surface area (Å²) >= 11 is 0. The second kappa shape index (κ2) is 7.77. The minimum atomic E-state index is 0.334. The number of rotatable bonds is 7. The summed E-state index contributed by atoms with van der Waals surface area (Å²) in [5.74, 6) is 0.334. The van der Waals surface area contributed by atoms with E-state index in [0.717, 1.165) is 12.8 Å². The Bertz CT molecular complexity index is 97.0. The van der Waals surface area contributed by atoms with Crippen molar-refractivity contribution in [3.8, 4) is 0 Å². The Balaban J connectivity index is 2.85. The van der Waals surface area contributed by atoms with Crippen LogP contribution in [-0.4, -0.2) is 5.78 Å². The summed E-state index contributed by atoms with van der Waals surface area (Å²) < 4.78 is 0. The average Bonchev–Trinajstić information content (AvgIpc) is 1.96. The van der Waals surface area contributed by atoms with Crippen LogP contribution in [0.2, 0.25) is 0 Å². The van der Waals surface area contributed by atoms with Gasteiger partial charge in [0.05, 0.1) is 0 Å². The van der Waals surface area contributed by atoms with Crippen LogP contribution in [0.5, 0.6) is 0 Å². The Morgan fingerprint density at radius 3 is 2.09 bits per heavy atom. The predicted octanol–water partition coefficient (Wildman–Crippen LogP) is 3.33. The third-order valence-electron chi connectivity index (χ3n) is 1.88. The van der Waals surface area contributed by atoms with Gasteiger partial charge >= 0.3 is 0 Å². The van der Waals surface area contributed by atoms with Crippen LogP contribution in [0.25, 0.3) is 0 Å². The summed E-state index contributed by atoms with van der Waals surface area (Å²) in [5, 5.41) is 0. The molecule has 0 heterocycles. The Labute approximate surface area is 70.2 Å². The maximum Gasteiger partial charge on any atom is 0.129 e. The zero-order chi connectivity index (χ0) is 8.53. The summed E-state index contributed by atoms with van der Waals surface area (Å²) in [6, 6.07) is 0. The minimum absolute atomic E-state index is 0.334. The highest BCUT2D eigenvalue weighted by Crippen LogP contribution is 2.06. The smallest absolute Gasteiger partial charge is 0.129 e. The molecule has 0 unspecified atom stereocenters. The molecule has 66 valence electrons. The summed E-state index contributed by atoms with van der Waals surface area (Å²) in [4.78, 5) is 10.5. The Morgan fingerprint density at radius 1 is 1.00 bits per heavy atom. The third kappa shape index (κ3) is 9.67. The molecule has 0 spiro atoms. The van der Waals surface area contributed by atoms with Gasteiger partial charge in [-0.25, -0.2) is 0 Å². The normalized spacial score (nSPS) is 10.0. The standard InChI is InChI=1S/C10H20O/c1-3-4-5-6-7-8-9-10(2)11/h3-9H2,1-2H3. The quantitative estimate of drug-likeness (QED) is 0.517. The predicted molar refractivity (Wildman–Crippen MR) is 48.7 cm³/mol. The van der Waals surface area contributed by atoms with Gasteiger partial charge in [-0.3, -0.25) is 0 Å². The van der Waals surface area contributed by atoms with E-state index in [2.05, 4.69) is 6.92 Å². The van der Waals surface area contributed by atoms with E-state index in [1.807, 2.05) is 0 Å².